The van der Waals surface area contributed by atoms with Crippen molar-refractivity contribution in [3.05, 3.63) is 0 Å². The van der Waals surface area contributed by atoms with Gasteiger partial charge in [-0.2, -0.15) is 0 Å². The second-order valence-corrected chi connectivity index (χ2v) is 2.88. The Bertz CT molecular complexity index is 268. The van der Waals surface area contributed by atoms with Crippen LogP contribution >= 0.6 is 0 Å². The molecule has 0 aromatic carbocycles. The third kappa shape index (κ3) is 6.60. The number of hydrogen-bond donors (Lipinski definition) is 3. The third-order valence-corrected chi connectivity index (χ3v) is 1.66. The van der Waals surface area contributed by atoms with Gasteiger partial charge in [-0.15, -0.1) is 0 Å². The molecule has 0 aliphatic rings. The van der Waals surface area contributed by atoms with E-state index >= 15 is 0 Å². The number of hydroxylamine groups is 1. The zero-order chi connectivity index (χ0) is 12.6. The number of carbonyl (C=O) groups is 3. The number of carbonyl (C=O) groups excluding carboxylic acids is 2. The lowest BCUT2D eigenvalue weighted by molar-refractivity contribution is -0.144. The van der Waals surface area contributed by atoms with Gasteiger partial charge in [0.15, 0.2) is 6.61 Å². The van der Waals surface area contributed by atoms with Crippen molar-refractivity contribution in [1.29, 1.82) is 0 Å². The Morgan fingerprint density at radius 2 is 2.00 bits per heavy atom. The van der Waals surface area contributed by atoms with Gasteiger partial charge < -0.3 is 15.3 Å². The topological polar surface area (TPSA) is 108 Å². The summed E-state index contributed by atoms with van der Waals surface area (Å²) in [5.41, 5.74) is 1.82. The highest BCUT2D eigenvalue weighted by Crippen LogP contribution is 1.81. The molecule has 0 unspecified atom stereocenters. The van der Waals surface area contributed by atoms with Crippen LogP contribution in [0.15, 0.2) is 0 Å². The minimum Gasteiger partial charge on any atom is -0.479 e. The first-order valence-electron chi connectivity index (χ1n) is 4.58. The van der Waals surface area contributed by atoms with Gasteiger partial charge in [-0.05, 0) is 6.92 Å². The highest BCUT2D eigenvalue weighted by molar-refractivity contribution is 5.83. The number of urea groups is 1. The zero-order valence-corrected chi connectivity index (χ0v) is 9.15. The van der Waals surface area contributed by atoms with E-state index < -0.39 is 18.6 Å². The highest BCUT2D eigenvalue weighted by atomic mass is 16.7. The van der Waals surface area contributed by atoms with E-state index in [1.165, 1.54) is 4.90 Å². The van der Waals surface area contributed by atoms with Crippen molar-refractivity contribution in [2.75, 3.05) is 26.7 Å². The molecule has 3 N–H and O–H groups in total. The van der Waals surface area contributed by atoms with E-state index in [1.54, 1.807) is 14.0 Å². The van der Waals surface area contributed by atoms with Crippen LogP contribution in [0.2, 0.25) is 0 Å². The fourth-order valence-corrected chi connectivity index (χ4v) is 0.667. The van der Waals surface area contributed by atoms with Crippen LogP contribution in [0.4, 0.5) is 4.79 Å². The maximum absolute atomic E-state index is 11.2. The predicted molar refractivity (Wildman–Crippen MR) is 53.4 cm³/mol. The highest BCUT2D eigenvalue weighted by Gasteiger charge is 2.08. The number of rotatable bonds is 6. The average Bonchev–Trinajstić information content (AvgIpc) is 2.24. The lowest BCUT2D eigenvalue weighted by atomic mass is 10.5. The maximum atomic E-state index is 11.2. The number of carboxylic acids is 1. The molecule has 0 rings (SSSR count). The molecule has 0 fully saturated rings. The summed E-state index contributed by atoms with van der Waals surface area (Å²) < 4.78 is 0. The van der Waals surface area contributed by atoms with Crippen LogP contribution in [-0.4, -0.2) is 54.7 Å². The van der Waals surface area contributed by atoms with E-state index in [2.05, 4.69) is 10.2 Å². The van der Waals surface area contributed by atoms with E-state index in [9.17, 15) is 14.4 Å². The summed E-state index contributed by atoms with van der Waals surface area (Å²) in [6.45, 7) is 1.52. The minimum atomic E-state index is -1.21. The van der Waals surface area contributed by atoms with Gasteiger partial charge in [0.05, 0.1) is 6.54 Å². The largest absolute Gasteiger partial charge is 0.479 e. The molecular weight excluding hydrogens is 218 g/mol. The molecule has 0 radical (unpaired) electrons. The Morgan fingerprint density at radius 1 is 1.38 bits per heavy atom. The van der Waals surface area contributed by atoms with Crippen LogP contribution in [0.3, 0.4) is 0 Å². The molecule has 0 aromatic heterocycles. The smallest absolute Gasteiger partial charge is 0.339 e. The lowest BCUT2D eigenvalue weighted by Gasteiger charge is -2.14. The molecule has 0 heterocycles. The standard InChI is InChI=1S/C8H15N3O5/c1-3-11(2)6(12)4-9-8(15)10-16-5-7(13)14/h3-5H2,1-2H3,(H,13,14)(H2,9,10,15). The number of aliphatic carboxylic acids is 1. The summed E-state index contributed by atoms with van der Waals surface area (Å²) in [6, 6.07) is -0.765. The molecule has 8 nitrogen and oxygen atoms in total. The van der Waals surface area contributed by atoms with E-state index in [0.717, 1.165) is 0 Å². The second-order valence-electron chi connectivity index (χ2n) is 2.88. The molecule has 0 saturated carbocycles. The fraction of sp³-hybridized carbons (Fsp3) is 0.625. The van der Waals surface area contributed by atoms with Gasteiger partial charge in [0.25, 0.3) is 0 Å². The van der Waals surface area contributed by atoms with Crippen molar-refractivity contribution in [1.82, 2.24) is 15.7 Å². The van der Waals surface area contributed by atoms with Crippen LogP contribution in [0.5, 0.6) is 0 Å². The summed E-state index contributed by atoms with van der Waals surface area (Å²) in [4.78, 5) is 37.9. The minimum absolute atomic E-state index is 0.174. The molecule has 16 heavy (non-hydrogen) atoms. The van der Waals surface area contributed by atoms with Gasteiger partial charge in [0.1, 0.15) is 0 Å². The van der Waals surface area contributed by atoms with Crippen LogP contribution in [0.1, 0.15) is 6.92 Å². The average molecular weight is 233 g/mol. The fourth-order valence-electron chi connectivity index (χ4n) is 0.667. The second kappa shape index (κ2) is 7.46. The van der Waals surface area contributed by atoms with Gasteiger partial charge >= 0.3 is 12.0 Å². The molecule has 0 spiro atoms. The molecule has 0 atom stereocenters. The Morgan fingerprint density at radius 3 is 2.50 bits per heavy atom. The van der Waals surface area contributed by atoms with Crippen molar-refractivity contribution in [3.63, 3.8) is 0 Å². The number of hydrogen-bond acceptors (Lipinski definition) is 4. The van der Waals surface area contributed by atoms with E-state index in [-0.39, 0.29) is 12.5 Å². The van der Waals surface area contributed by atoms with Crippen LogP contribution in [0, 0.1) is 0 Å². The van der Waals surface area contributed by atoms with Crippen molar-refractivity contribution in [2.45, 2.75) is 6.92 Å². The lowest BCUT2D eigenvalue weighted by Crippen LogP contribution is -2.42. The summed E-state index contributed by atoms with van der Waals surface area (Å²) in [6.07, 6.45) is 0. The number of nitrogens with zero attached hydrogens (tertiary/aromatic N) is 1. The Kier molecular flexibility index (Phi) is 6.61. The van der Waals surface area contributed by atoms with Crippen LogP contribution in [0.25, 0.3) is 0 Å². The van der Waals surface area contributed by atoms with Gasteiger partial charge in [0.2, 0.25) is 5.91 Å². The zero-order valence-electron chi connectivity index (χ0n) is 9.15. The number of amides is 3. The van der Waals surface area contributed by atoms with Crippen molar-refractivity contribution in [2.24, 2.45) is 0 Å². The van der Waals surface area contributed by atoms with Crippen molar-refractivity contribution < 1.29 is 24.3 Å². The molecule has 92 valence electrons. The van der Waals surface area contributed by atoms with Crippen LogP contribution in [-0.2, 0) is 14.4 Å². The van der Waals surface area contributed by atoms with Gasteiger partial charge in [0, 0.05) is 13.6 Å². The van der Waals surface area contributed by atoms with Crippen molar-refractivity contribution in [3.8, 4) is 0 Å². The molecule has 0 saturated heterocycles. The Balaban J connectivity index is 3.65. The Hall–Kier alpha value is -1.83. The molecule has 0 aliphatic carbocycles. The first-order chi connectivity index (χ1) is 7.47. The molecule has 0 aliphatic heterocycles. The van der Waals surface area contributed by atoms with E-state index in [0.29, 0.717) is 6.54 Å². The summed E-state index contributed by atoms with van der Waals surface area (Å²) in [5.74, 6) is -1.46. The molecule has 0 bridgehead atoms. The summed E-state index contributed by atoms with van der Waals surface area (Å²) >= 11 is 0. The SMILES string of the molecule is CCN(C)C(=O)CNC(=O)NOCC(=O)O. The van der Waals surface area contributed by atoms with E-state index in [1.807, 2.05) is 5.48 Å². The van der Waals surface area contributed by atoms with Crippen molar-refractivity contribution >= 4 is 17.9 Å². The molecular formula is C8H15N3O5. The predicted octanol–water partition coefficient (Wildman–Crippen LogP) is -1.22. The molecule has 8 heteroatoms. The summed E-state index contributed by atoms with van der Waals surface area (Å²) in [7, 11) is 1.60. The molecule has 3 amide bonds. The monoisotopic (exact) mass is 233 g/mol. The summed E-state index contributed by atoms with van der Waals surface area (Å²) in [5, 5.41) is 10.4. The first-order valence-corrected chi connectivity index (χ1v) is 4.58. The van der Waals surface area contributed by atoms with Gasteiger partial charge in [-0.3, -0.25) is 9.63 Å². The van der Waals surface area contributed by atoms with Crippen LogP contribution < -0.4 is 10.8 Å². The quantitative estimate of drug-likeness (QED) is 0.498. The van der Waals surface area contributed by atoms with Gasteiger partial charge in [-0.25, -0.2) is 15.1 Å². The maximum Gasteiger partial charge on any atom is 0.339 e. The normalized spacial score (nSPS) is 9.38. The number of carboxylic acid groups (broad SMARTS) is 1. The first kappa shape index (κ1) is 14.2. The van der Waals surface area contributed by atoms with Gasteiger partial charge in [-0.1, -0.05) is 0 Å². The number of nitrogens with one attached hydrogen (secondary N) is 2. The third-order valence-electron chi connectivity index (χ3n) is 1.66. The molecule has 0 aromatic rings. The Labute approximate surface area is 92.5 Å². The number of likely N-dealkylation sites (N-methyl/N-ethyl adjacent to an activating group) is 1. The van der Waals surface area contributed by atoms with E-state index in [4.69, 9.17) is 5.11 Å².